The van der Waals surface area contributed by atoms with Crippen LogP contribution in [0.4, 0.5) is 26.7 Å². The van der Waals surface area contributed by atoms with Gasteiger partial charge in [0.2, 0.25) is 0 Å². The van der Waals surface area contributed by atoms with E-state index in [1.807, 2.05) is 0 Å². The lowest BCUT2D eigenvalue weighted by atomic mass is 10.3. The number of rotatable bonds is 4. The van der Waals surface area contributed by atoms with E-state index in [1.165, 1.54) is 6.20 Å². The van der Waals surface area contributed by atoms with Crippen LogP contribution in [0.25, 0.3) is 0 Å². The average Bonchev–Trinajstić information content (AvgIpc) is 2.94. The monoisotopic (exact) mass is 289 g/mol. The van der Waals surface area contributed by atoms with Crippen molar-refractivity contribution in [2.24, 2.45) is 0 Å². The maximum atomic E-state index is 11.7. The maximum absolute atomic E-state index is 11.7. The Morgan fingerprint density at radius 3 is 2.29 bits per heavy atom. The molecule has 2 rings (SSSR count). The first-order valence-corrected chi connectivity index (χ1v) is 6.28. The van der Waals surface area contributed by atoms with Crippen LogP contribution in [0, 0.1) is 0 Å². The molecule has 0 atom stereocenters. The van der Waals surface area contributed by atoms with Gasteiger partial charge in [0, 0.05) is 17.6 Å². The highest BCUT2D eigenvalue weighted by Crippen LogP contribution is 2.14. The predicted molar refractivity (Wildman–Crippen MR) is 78.3 cm³/mol. The summed E-state index contributed by atoms with van der Waals surface area (Å²) in [4.78, 5) is 22.9. The lowest BCUT2D eigenvalue weighted by molar-refractivity contribution is 0.168. The number of carbonyl (C=O) groups excluding carboxylic acids is 2. The minimum absolute atomic E-state index is 0.305. The van der Waals surface area contributed by atoms with Crippen molar-refractivity contribution in [2.45, 2.75) is 6.92 Å². The number of benzene rings is 1. The summed E-state index contributed by atoms with van der Waals surface area (Å²) in [5.41, 5.74) is 1.73. The number of anilines is 3. The first kappa shape index (κ1) is 14.4. The van der Waals surface area contributed by atoms with Gasteiger partial charge in [0.05, 0.1) is 18.5 Å². The van der Waals surface area contributed by atoms with Crippen LogP contribution in [0.15, 0.2) is 36.7 Å². The Labute approximate surface area is 120 Å². The molecule has 1 aromatic carbocycles. The van der Waals surface area contributed by atoms with Crippen molar-refractivity contribution < 1.29 is 14.3 Å². The molecule has 8 nitrogen and oxygen atoms in total. The lowest BCUT2D eigenvalue weighted by Gasteiger charge is -2.08. The Kier molecular flexibility index (Phi) is 4.75. The molecule has 0 aliphatic heterocycles. The molecular formula is C13H15N5O3. The van der Waals surface area contributed by atoms with E-state index >= 15 is 0 Å². The molecule has 0 bridgehead atoms. The standard InChI is InChI=1S/C13H15N5O3/c1-2-21-13(20)18-10-5-3-9(4-6-10)16-12(19)17-11-7-14-15-8-11/h3-8H,2H2,1H3,(H,14,15)(H,18,20)(H2,16,17,19). The zero-order valence-corrected chi connectivity index (χ0v) is 11.3. The first-order valence-electron chi connectivity index (χ1n) is 6.28. The van der Waals surface area contributed by atoms with Gasteiger partial charge in [-0.2, -0.15) is 5.10 Å². The molecule has 1 heterocycles. The number of nitrogens with zero attached hydrogens (tertiary/aromatic N) is 1. The van der Waals surface area contributed by atoms with E-state index in [0.29, 0.717) is 23.7 Å². The van der Waals surface area contributed by atoms with Crippen molar-refractivity contribution in [3.63, 3.8) is 0 Å². The highest BCUT2D eigenvalue weighted by molar-refractivity contribution is 5.99. The fourth-order valence-corrected chi connectivity index (χ4v) is 1.53. The summed E-state index contributed by atoms with van der Waals surface area (Å²) in [6.07, 6.45) is 2.54. The third-order valence-corrected chi connectivity index (χ3v) is 2.42. The van der Waals surface area contributed by atoms with Crippen molar-refractivity contribution >= 4 is 29.2 Å². The summed E-state index contributed by atoms with van der Waals surface area (Å²) in [5.74, 6) is 0. The molecule has 0 aliphatic carbocycles. The van der Waals surface area contributed by atoms with Crippen molar-refractivity contribution in [1.82, 2.24) is 10.2 Å². The number of amides is 3. The molecule has 0 unspecified atom stereocenters. The van der Waals surface area contributed by atoms with Gasteiger partial charge in [0.1, 0.15) is 0 Å². The van der Waals surface area contributed by atoms with E-state index in [-0.39, 0.29) is 6.03 Å². The minimum atomic E-state index is -0.518. The Morgan fingerprint density at radius 2 is 1.71 bits per heavy atom. The molecule has 0 fully saturated rings. The molecule has 0 saturated heterocycles. The van der Waals surface area contributed by atoms with Gasteiger partial charge < -0.3 is 15.4 Å². The van der Waals surface area contributed by atoms with E-state index in [1.54, 1.807) is 37.4 Å². The van der Waals surface area contributed by atoms with E-state index in [9.17, 15) is 9.59 Å². The third-order valence-electron chi connectivity index (χ3n) is 2.42. The fraction of sp³-hybridized carbons (Fsp3) is 0.154. The van der Waals surface area contributed by atoms with Crippen LogP contribution in [0.5, 0.6) is 0 Å². The topological polar surface area (TPSA) is 108 Å². The van der Waals surface area contributed by atoms with Crippen LogP contribution < -0.4 is 16.0 Å². The first-order chi connectivity index (χ1) is 10.2. The van der Waals surface area contributed by atoms with Crippen LogP contribution in [0.2, 0.25) is 0 Å². The van der Waals surface area contributed by atoms with Crippen LogP contribution in [0.3, 0.4) is 0 Å². The highest BCUT2D eigenvalue weighted by atomic mass is 16.5. The van der Waals surface area contributed by atoms with Crippen molar-refractivity contribution in [1.29, 1.82) is 0 Å². The van der Waals surface area contributed by atoms with Gasteiger partial charge in [-0.3, -0.25) is 10.4 Å². The molecule has 4 N–H and O–H groups in total. The molecule has 8 heteroatoms. The largest absolute Gasteiger partial charge is 0.450 e. The number of ether oxygens (including phenoxy) is 1. The van der Waals surface area contributed by atoms with E-state index < -0.39 is 6.09 Å². The Hall–Kier alpha value is -3.03. The van der Waals surface area contributed by atoms with Gasteiger partial charge in [-0.25, -0.2) is 9.59 Å². The smallest absolute Gasteiger partial charge is 0.411 e. The summed E-state index contributed by atoms with van der Waals surface area (Å²) in [6.45, 7) is 2.03. The molecule has 0 aliphatic rings. The number of H-pyrrole nitrogens is 1. The second-order valence-electron chi connectivity index (χ2n) is 3.99. The highest BCUT2D eigenvalue weighted by Gasteiger charge is 2.05. The second-order valence-corrected chi connectivity index (χ2v) is 3.99. The van der Waals surface area contributed by atoms with Gasteiger partial charge in [-0.05, 0) is 31.2 Å². The van der Waals surface area contributed by atoms with E-state index in [4.69, 9.17) is 4.74 Å². The van der Waals surface area contributed by atoms with Gasteiger partial charge >= 0.3 is 12.1 Å². The van der Waals surface area contributed by atoms with Gasteiger partial charge in [-0.1, -0.05) is 0 Å². The van der Waals surface area contributed by atoms with Crippen LogP contribution >= 0.6 is 0 Å². The summed E-state index contributed by atoms with van der Waals surface area (Å²) >= 11 is 0. The fourth-order valence-electron chi connectivity index (χ4n) is 1.53. The molecule has 3 amide bonds. The zero-order chi connectivity index (χ0) is 15.1. The third kappa shape index (κ3) is 4.53. The molecular weight excluding hydrogens is 274 g/mol. The zero-order valence-electron chi connectivity index (χ0n) is 11.3. The predicted octanol–water partition coefficient (Wildman–Crippen LogP) is 2.62. The number of nitrogens with one attached hydrogen (secondary N) is 4. The van der Waals surface area contributed by atoms with Gasteiger partial charge in [0.25, 0.3) is 0 Å². The molecule has 1 aromatic heterocycles. The summed E-state index contributed by atoms with van der Waals surface area (Å²) in [6, 6.07) is 6.25. The Balaban J connectivity index is 1.87. The Morgan fingerprint density at radius 1 is 1.10 bits per heavy atom. The maximum Gasteiger partial charge on any atom is 0.411 e. The van der Waals surface area contributed by atoms with Crippen LogP contribution in [-0.2, 0) is 4.74 Å². The summed E-state index contributed by atoms with van der Waals surface area (Å²) < 4.78 is 4.76. The summed E-state index contributed by atoms with van der Waals surface area (Å²) in [5, 5.41) is 14.1. The number of urea groups is 1. The van der Waals surface area contributed by atoms with Crippen LogP contribution in [-0.4, -0.2) is 28.9 Å². The molecule has 0 spiro atoms. The average molecular weight is 289 g/mol. The number of aromatic amines is 1. The molecule has 110 valence electrons. The molecule has 0 saturated carbocycles. The van der Waals surface area contributed by atoms with Crippen LogP contribution in [0.1, 0.15) is 6.92 Å². The van der Waals surface area contributed by atoms with Gasteiger partial charge in [-0.15, -0.1) is 0 Å². The van der Waals surface area contributed by atoms with Crippen molar-refractivity contribution in [3.05, 3.63) is 36.7 Å². The lowest BCUT2D eigenvalue weighted by Crippen LogP contribution is -2.19. The molecule has 21 heavy (non-hydrogen) atoms. The Bertz CT molecular complexity index is 595. The molecule has 2 aromatic rings. The quantitative estimate of drug-likeness (QED) is 0.693. The number of hydrogen-bond acceptors (Lipinski definition) is 4. The molecule has 0 radical (unpaired) electrons. The second kappa shape index (κ2) is 6.94. The number of carbonyl (C=O) groups is 2. The van der Waals surface area contributed by atoms with Crippen molar-refractivity contribution in [3.8, 4) is 0 Å². The number of aromatic nitrogens is 2. The van der Waals surface area contributed by atoms with E-state index in [0.717, 1.165) is 0 Å². The normalized spacial score (nSPS) is 9.76. The minimum Gasteiger partial charge on any atom is -0.450 e. The van der Waals surface area contributed by atoms with E-state index in [2.05, 4.69) is 26.1 Å². The SMILES string of the molecule is CCOC(=O)Nc1ccc(NC(=O)Nc2cn[nH]c2)cc1. The number of hydrogen-bond donors (Lipinski definition) is 4. The van der Waals surface area contributed by atoms with Crippen molar-refractivity contribution in [2.75, 3.05) is 22.6 Å². The summed E-state index contributed by atoms with van der Waals surface area (Å²) in [7, 11) is 0. The van der Waals surface area contributed by atoms with Gasteiger partial charge in [0.15, 0.2) is 0 Å².